The van der Waals surface area contributed by atoms with Gasteiger partial charge in [0.15, 0.2) is 0 Å². The van der Waals surface area contributed by atoms with Crippen LogP contribution < -0.4 is 0 Å². The van der Waals surface area contributed by atoms with Gasteiger partial charge in [-0.15, -0.1) is 0 Å². The number of ether oxygens (including phenoxy) is 1. The molecule has 17 heavy (non-hydrogen) atoms. The van der Waals surface area contributed by atoms with Gasteiger partial charge in [0.05, 0.1) is 13.2 Å². The van der Waals surface area contributed by atoms with Crippen molar-refractivity contribution in [3.05, 3.63) is 41.6 Å². The topological polar surface area (TPSA) is 69.7 Å². The Morgan fingerprint density at radius 1 is 1.29 bits per heavy atom. The van der Waals surface area contributed by atoms with Crippen molar-refractivity contribution in [1.82, 2.24) is 0 Å². The first-order valence-electron chi connectivity index (χ1n) is 4.39. The maximum Gasteiger partial charge on any atom is 0.338 e. The number of methoxy groups -OCH3 is 1. The molecule has 0 fully saturated rings. The number of halogens is 1. The van der Waals surface area contributed by atoms with Gasteiger partial charge in [-0.25, -0.2) is 4.79 Å². The van der Waals surface area contributed by atoms with Crippen molar-refractivity contribution in [3.63, 3.8) is 0 Å². The number of hydrogen-bond donors (Lipinski definition) is 0. The maximum atomic E-state index is 11.5. The molecule has 0 spiro atoms. The Morgan fingerprint density at radius 2 is 1.88 bits per heavy atom. The van der Waals surface area contributed by atoms with E-state index in [0.717, 1.165) is 12.3 Å². The Kier molecular flexibility index (Phi) is 4.53. The first kappa shape index (κ1) is 13.5. The normalized spacial score (nSPS) is 11.4. The molecular weight excluding hydrogens is 268 g/mol. The largest absolute Gasteiger partial charge is 0.466 e. The summed E-state index contributed by atoms with van der Waals surface area (Å²) in [7, 11) is -2.77. The van der Waals surface area contributed by atoms with E-state index in [1.165, 1.54) is 31.4 Å². The number of hydrogen-bond acceptors (Lipinski definition) is 5. The smallest absolute Gasteiger partial charge is 0.338 e. The lowest BCUT2D eigenvalue weighted by Crippen LogP contribution is -2.03. The highest BCUT2D eigenvalue weighted by Crippen LogP contribution is 2.16. The minimum atomic E-state index is -3.93. The molecule has 0 unspecified atom stereocenters. The quantitative estimate of drug-likeness (QED) is 0.362. The van der Waals surface area contributed by atoms with Crippen LogP contribution in [0.25, 0.3) is 0 Å². The lowest BCUT2D eigenvalue weighted by molar-refractivity contribution is -0.134. The van der Waals surface area contributed by atoms with Crippen LogP contribution in [0.3, 0.4) is 0 Å². The van der Waals surface area contributed by atoms with Crippen LogP contribution in [0, 0.1) is 0 Å². The van der Waals surface area contributed by atoms with Crippen molar-refractivity contribution in [3.8, 4) is 0 Å². The number of carbonyl (C=O) groups is 1. The van der Waals surface area contributed by atoms with E-state index in [1.807, 2.05) is 0 Å². The molecule has 0 atom stereocenters. The van der Waals surface area contributed by atoms with Crippen LogP contribution in [0.15, 0.2) is 41.5 Å². The van der Waals surface area contributed by atoms with Crippen molar-refractivity contribution in [2.45, 2.75) is 4.90 Å². The summed E-state index contributed by atoms with van der Waals surface area (Å²) >= 11 is 5.62. The summed E-state index contributed by atoms with van der Waals surface area (Å²) in [5.74, 6) is -0.712. The molecule has 0 saturated heterocycles. The minimum Gasteiger partial charge on any atom is -0.466 e. The first-order chi connectivity index (χ1) is 7.95. The fraction of sp³-hybridized carbons (Fsp3) is 0.100. The zero-order chi connectivity index (χ0) is 12.9. The summed E-state index contributed by atoms with van der Waals surface area (Å²) in [6.45, 7) is 0. The van der Waals surface area contributed by atoms with Gasteiger partial charge in [-0.1, -0.05) is 11.6 Å². The molecule has 0 radical (unpaired) electrons. The second-order valence-corrected chi connectivity index (χ2v) is 4.84. The lowest BCUT2D eigenvalue weighted by atomic mass is 10.4. The van der Waals surface area contributed by atoms with Gasteiger partial charge in [-0.2, -0.15) is 8.42 Å². The highest BCUT2D eigenvalue weighted by molar-refractivity contribution is 7.86. The Bertz CT molecular complexity index is 518. The average molecular weight is 277 g/mol. The maximum absolute atomic E-state index is 11.5. The molecule has 7 heteroatoms. The van der Waals surface area contributed by atoms with Gasteiger partial charge in [0.25, 0.3) is 0 Å². The number of esters is 1. The summed E-state index contributed by atoms with van der Waals surface area (Å²) in [4.78, 5) is 10.6. The van der Waals surface area contributed by atoms with Crippen molar-refractivity contribution in [2.75, 3.05) is 7.11 Å². The Morgan fingerprint density at radius 3 is 2.41 bits per heavy atom. The van der Waals surface area contributed by atoms with Gasteiger partial charge < -0.3 is 8.92 Å². The molecule has 92 valence electrons. The summed E-state index contributed by atoms with van der Waals surface area (Å²) in [5.41, 5.74) is 0. The van der Waals surface area contributed by atoms with Gasteiger partial charge in [0, 0.05) is 5.02 Å². The predicted octanol–water partition coefficient (Wildman–Crippen LogP) is 1.73. The fourth-order valence-corrected chi connectivity index (χ4v) is 1.79. The molecule has 0 aliphatic rings. The van der Waals surface area contributed by atoms with Crippen LogP contribution >= 0.6 is 11.6 Å². The molecule has 0 amide bonds. The van der Waals surface area contributed by atoms with Crippen molar-refractivity contribution >= 4 is 27.7 Å². The molecule has 0 bridgehead atoms. The molecule has 1 aromatic carbocycles. The highest BCUT2D eigenvalue weighted by atomic mass is 35.5. The number of carbonyl (C=O) groups excluding carboxylic acids is 1. The van der Waals surface area contributed by atoms with Gasteiger partial charge in [0.1, 0.15) is 11.2 Å². The summed E-state index contributed by atoms with van der Waals surface area (Å²) in [6, 6.07) is 5.43. The van der Waals surface area contributed by atoms with E-state index in [2.05, 4.69) is 8.92 Å². The summed E-state index contributed by atoms with van der Waals surface area (Å²) < 4.78 is 31.8. The van der Waals surface area contributed by atoms with Crippen molar-refractivity contribution in [2.24, 2.45) is 0 Å². The summed E-state index contributed by atoms with van der Waals surface area (Å²) in [5, 5.41) is 0.411. The van der Waals surface area contributed by atoms with E-state index >= 15 is 0 Å². The SMILES string of the molecule is COC(=O)/C=C\OS(=O)(=O)c1ccc(Cl)cc1. The lowest BCUT2D eigenvalue weighted by Gasteiger charge is -2.02. The zero-order valence-corrected chi connectivity index (χ0v) is 10.4. The Balaban J connectivity index is 2.79. The van der Waals surface area contributed by atoms with E-state index in [-0.39, 0.29) is 4.90 Å². The third-order valence-electron chi connectivity index (χ3n) is 1.69. The third-order valence-corrected chi connectivity index (χ3v) is 3.16. The predicted molar refractivity (Wildman–Crippen MR) is 60.9 cm³/mol. The Hall–Kier alpha value is -1.53. The number of benzene rings is 1. The molecule has 0 saturated carbocycles. The molecule has 1 aromatic rings. The second-order valence-electron chi connectivity index (χ2n) is 2.83. The minimum absolute atomic E-state index is 0.0589. The van der Waals surface area contributed by atoms with Crippen LogP contribution in [0.4, 0.5) is 0 Å². The summed E-state index contributed by atoms with van der Waals surface area (Å²) in [6.07, 6.45) is 1.60. The van der Waals surface area contributed by atoms with Gasteiger partial charge in [0.2, 0.25) is 0 Å². The van der Waals surface area contributed by atoms with E-state index in [4.69, 9.17) is 11.6 Å². The van der Waals surface area contributed by atoms with Gasteiger partial charge >= 0.3 is 16.1 Å². The molecule has 0 aromatic heterocycles. The van der Waals surface area contributed by atoms with Crippen LogP contribution in [0.2, 0.25) is 5.02 Å². The van der Waals surface area contributed by atoms with E-state index in [0.29, 0.717) is 5.02 Å². The zero-order valence-electron chi connectivity index (χ0n) is 8.79. The molecule has 1 rings (SSSR count). The fourth-order valence-electron chi connectivity index (χ4n) is 0.881. The molecular formula is C10H9ClO5S. The highest BCUT2D eigenvalue weighted by Gasteiger charge is 2.13. The first-order valence-corrected chi connectivity index (χ1v) is 6.17. The third kappa shape index (κ3) is 4.08. The van der Waals surface area contributed by atoms with Crippen LogP contribution in [0.1, 0.15) is 0 Å². The number of rotatable bonds is 4. The molecule has 0 heterocycles. The van der Waals surface area contributed by atoms with E-state index < -0.39 is 16.1 Å². The Labute approximate surface area is 104 Å². The van der Waals surface area contributed by atoms with Gasteiger partial charge in [-0.3, -0.25) is 0 Å². The molecule has 5 nitrogen and oxygen atoms in total. The van der Waals surface area contributed by atoms with E-state index in [9.17, 15) is 13.2 Å². The molecule has 0 N–H and O–H groups in total. The van der Waals surface area contributed by atoms with Gasteiger partial charge in [-0.05, 0) is 24.3 Å². The van der Waals surface area contributed by atoms with Crippen LogP contribution in [-0.2, 0) is 23.8 Å². The van der Waals surface area contributed by atoms with Crippen LogP contribution in [-0.4, -0.2) is 21.5 Å². The average Bonchev–Trinajstić information content (AvgIpc) is 2.29. The second kappa shape index (κ2) is 5.70. The van der Waals surface area contributed by atoms with Crippen molar-refractivity contribution in [1.29, 1.82) is 0 Å². The van der Waals surface area contributed by atoms with Crippen molar-refractivity contribution < 1.29 is 22.1 Å². The monoisotopic (exact) mass is 276 g/mol. The molecule has 0 aliphatic heterocycles. The standard InChI is InChI=1S/C10H9ClO5S/c1-15-10(12)6-7-16-17(13,14)9-4-2-8(11)3-5-9/h2-7H,1H3/b7-6-. The van der Waals surface area contributed by atoms with Crippen LogP contribution in [0.5, 0.6) is 0 Å². The molecule has 0 aliphatic carbocycles. The van der Waals surface area contributed by atoms with E-state index in [1.54, 1.807) is 0 Å².